The molecule has 0 aliphatic carbocycles. The third kappa shape index (κ3) is 2.42. The Balaban J connectivity index is 1.72. The fourth-order valence-corrected chi connectivity index (χ4v) is 4.72. The lowest BCUT2D eigenvalue weighted by Gasteiger charge is -2.40. The van der Waals surface area contributed by atoms with Gasteiger partial charge in [0.05, 0.1) is 19.0 Å². The van der Waals surface area contributed by atoms with Crippen LogP contribution in [0, 0.1) is 0 Å². The number of hydrogen-bond acceptors (Lipinski definition) is 6. The molecule has 2 fully saturated rings. The van der Waals surface area contributed by atoms with Crippen molar-refractivity contribution in [2.24, 2.45) is 0 Å². The summed E-state index contributed by atoms with van der Waals surface area (Å²) in [5, 5.41) is 0. The molecule has 130 valence electrons. The molecule has 1 N–H and O–H groups in total. The second-order valence-corrected chi connectivity index (χ2v) is 7.58. The molecular formula is C18H20BrN5O. The first-order valence-electron chi connectivity index (χ1n) is 8.63. The summed E-state index contributed by atoms with van der Waals surface area (Å²) in [5.41, 5.74) is 6.61. The van der Waals surface area contributed by atoms with Gasteiger partial charge in [-0.15, -0.1) is 0 Å². The normalized spacial score (nSPS) is 29.6. The minimum Gasteiger partial charge on any atom is -0.359 e. The van der Waals surface area contributed by atoms with Gasteiger partial charge in [0.2, 0.25) is 0 Å². The van der Waals surface area contributed by atoms with Crippen LogP contribution in [0.15, 0.2) is 48.7 Å². The van der Waals surface area contributed by atoms with Crippen molar-refractivity contribution in [3.8, 4) is 0 Å². The Hall–Kier alpha value is -1.51. The molecule has 5 rings (SSSR count). The Morgan fingerprint density at radius 2 is 2.08 bits per heavy atom. The van der Waals surface area contributed by atoms with Crippen LogP contribution in [0.4, 0.5) is 5.69 Å². The number of para-hydroxylation sites is 1. The van der Waals surface area contributed by atoms with Gasteiger partial charge in [0.25, 0.3) is 0 Å². The molecule has 2 unspecified atom stereocenters. The summed E-state index contributed by atoms with van der Waals surface area (Å²) in [4.78, 5) is 9.52. The Bertz CT molecular complexity index is 775. The quantitative estimate of drug-likeness (QED) is 0.740. The summed E-state index contributed by atoms with van der Waals surface area (Å²) in [6, 6.07) is 14.7. The lowest BCUT2D eigenvalue weighted by molar-refractivity contribution is -0.105. The molecule has 0 bridgehead atoms. The highest BCUT2D eigenvalue weighted by atomic mass is 79.9. The number of anilines is 1. The van der Waals surface area contributed by atoms with E-state index in [2.05, 4.69) is 67.8 Å². The average Bonchev–Trinajstić information content (AvgIpc) is 2.94. The molecule has 25 heavy (non-hydrogen) atoms. The number of halogens is 1. The minimum absolute atomic E-state index is 0.00159. The van der Waals surface area contributed by atoms with E-state index in [0.717, 1.165) is 31.8 Å². The zero-order valence-corrected chi connectivity index (χ0v) is 15.4. The van der Waals surface area contributed by atoms with Gasteiger partial charge in [-0.05, 0) is 24.6 Å². The maximum Gasteiger partial charge on any atom is 0.162 e. The number of nitrogens with one attached hydrogen (secondary N) is 1. The second kappa shape index (κ2) is 6.03. The van der Waals surface area contributed by atoms with Gasteiger partial charge in [-0.25, -0.2) is 5.43 Å². The molecule has 0 saturated carbocycles. The molecule has 1 aromatic carbocycles. The third-order valence-electron chi connectivity index (χ3n) is 5.24. The third-order valence-corrected chi connectivity index (χ3v) is 5.65. The minimum atomic E-state index is -0.434. The van der Waals surface area contributed by atoms with Crippen LogP contribution in [0.2, 0.25) is 0 Å². The Morgan fingerprint density at radius 1 is 1.20 bits per heavy atom. The first-order valence-corrected chi connectivity index (χ1v) is 9.34. The van der Waals surface area contributed by atoms with E-state index in [9.17, 15) is 0 Å². The maximum absolute atomic E-state index is 6.19. The van der Waals surface area contributed by atoms with Gasteiger partial charge in [0.1, 0.15) is 6.23 Å². The molecule has 0 amide bonds. The number of ether oxygens (including phenoxy) is 1. The van der Waals surface area contributed by atoms with E-state index in [1.807, 2.05) is 16.3 Å². The van der Waals surface area contributed by atoms with E-state index in [1.165, 1.54) is 11.3 Å². The SMILES string of the molecule is BrN1CN2c3ccccc3C3OCCCN3CC2(c2ccccn2)N1. The van der Waals surface area contributed by atoms with E-state index in [4.69, 9.17) is 9.72 Å². The van der Waals surface area contributed by atoms with Crippen LogP contribution < -0.4 is 10.3 Å². The molecule has 6 nitrogen and oxygen atoms in total. The number of fused-ring (bicyclic) bond motifs is 5. The van der Waals surface area contributed by atoms with Gasteiger partial charge in [0.15, 0.2) is 5.66 Å². The number of hydrazine groups is 1. The predicted octanol–water partition coefficient (Wildman–Crippen LogP) is 2.56. The van der Waals surface area contributed by atoms with Crippen LogP contribution in [0.5, 0.6) is 0 Å². The van der Waals surface area contributed by atoms with E-state index >= 15 is 0 Å². The molecule has 2 atom stereocenters. The summed E-state index contributed by atoms with van der Waals surface area (Å²) in [6.45, 7) is 3.34. The Labute approximate surface area is 155 Å². The summed E-state index contributed by atoms with van der Waals surface area (Å²) in [5.74, 6) is 0. The van der Waals surface area contributed by atoms with Crippen LogP contribution in [0.25, 0.3) is 0 Å². The first-order chi connectivity index (χ1) is 12.3. The molecule has 7 heteroatoms. The van der Waals surface area contributed by atoms with Gasteiger partial charge in [-0.2, -0.15) is 4.03 Å². The van der Waals surface area contributed by atoms with E-state index in [1.54, 1.807) is 0 Å². The van der Waals surface area contributed by atoms with Crippen molar-refractivity contribution in [1.82, 2.24) is 19.3 Å². The Morgan fingerprint density at radius 3 is 2.96 bits per heavy atom. The van der Waals surface area contributed by atoms with Crippen molar-refractivity contribution in [3.05, 3.63) is 59.9 Å². The topological polar surface area (TPSA) is 43.9 Å². The van der Waals surface area contributed by atoms with Gasteiger partial charge < -0.3 is 9.64 Å². The highest BCUT2D eigenvalue weighted by Crippen LogP contribution is 2.45. The van der Waals surface area contributed by atoms with Gasteiger partial charge in [0, 0.05) is 46.7 Å². The molecule has 0 radical (unpaired) electrons. The van der Waals surface area contributed by atoms with Gasteiger partial charge >= 0.3 is 0 Å². The lowest BCUT2D eigenvalue weighted by atomic mass is 10.0. The molecule has 3 aliphatic heterocycles. The van der Waals surface area contributed by atoms with E-state index in [-0.39, 0.29) is 6.23 Å². The van der Waals surface area contributed by atoms with Crippen LogP contribution >= 0.6 is 16.1 Å². The number of pyridine rings is 1. The average molecular weight is 402 g/mol. The summed E-state index contributed by atoms with van der Waals surface area (Å²) in [6.07, 6.45) is 2.92. The van der Waals surface area contributed by atoms with Crippen molar-refractivity contribution >= 4 is 21.8 Å². The number of nitrogens with zero attached hydrogens (tertiary/aromatic N) is 4. The fraction of sp³-hybridized carbons (Fsp3) is 0.389. The fourth-order valence-electron chi connectivity index (χ4n) is 4.20. The van der Waals surface area contributed by atoms with Crippen molar-refractivity contribution in [1.29, 1.82) is 0 Å². The summed E-state index contributed by atoms with van der Waals surface area (Å²) < 4.78 is 8.15. The zero-order valence-electron chi connectivity index (χ0n) is 13.8. The van der Waals surface area contributed by atoms with Crippen molar-refractivity contribution in [2.45, 2.75) is 18.3 Å². The van der Waals surface area contributed by atoms with Crippen molar-refractivity contribution < 1.29 is 4.74 Å². The maximum atomic E-state index is 6.19. The zero-order chi connectivity index (χ0) is 16.9. The van der Waals surface area contributed by atoms with E-state index < -0.39 is 5.66 Å². The monoisotopic (exact) mass is 401 g/mol. The second-order valence-electron chi connectivity index (χ2n) is 6.72. The van der Waals surface area contributed by atoms with Crippen LogP contribution in [0.3, 0.4) is 0 Å². The van der Waals surface area contributed by atoms with E-state index in [0.29, 0.717) is 6.67 Å². The molecule has 4 heterocycles. The molecule has 2 saturated heterocycles. The number of aromatic nitrogens is 1. The lowest BCUT2D eigenvalue weighted by Crippen LogP contribution is -2.57. The predicted molar refractivity (Wildman–Crippen MR) is 98.5 cm³/mol. The molecule has 3 aliphatic rings. The van der Waals surface area contributed by atoms with Crippen molar-refractivity contribution in [3.63, 3.8) is 0 Å². The summed E-state index contributed by atoms with van der Waals surface area (Å²) in [7, 11) is 0. The molecule has 2 aromatic rings. The first kappa shape index (κ1) is 15.7. The Kier molecular flexibility index (Phi) is 3.79. The highest BCUT2D eigenvalue weighted by Gasteiger charge is 2.52. The highest BCUT2D eigenvalue weighted by molar-refractivity contribution is 9.07. The molecular weight excluding hydrogens is 382 g/mol. The van der Waals surface area contributed by atoms with Gasteiger partial charge in [-0.1, -0.05) is 24.3 Å². The standard InChI is InChI=1S/C18H20BrN5O/c19-24-13-23-15-7-2-1-6-14(15)17-22(10-5-11-25-17)12-18(23,21-24)16-8-3-4-9-20-16/h1-4,6-9,17,21H,5,10-13H2. The number of benzene rings is 1. The number of rotatable bonds is 1. The largest absolute Gasteiger partial charge is 0.359 e. The van der Waals surface area contributed by atoms with Crippen LogP contribution in [-0.2, 0) is 10.4 Å². The molecule has 1 aromatic heterocycles. The smallest absolute Gasteiger partial charge is 0.162 e. The molecule has 0 spiro atoms. The van der Waals surface area contributed by atoms with Crippen LogP contribution in [-0.4, -0.2) is 40.3 Å². The number of hydrogen-bond donors (Lipinski definition) is 1. The van der Waals surface area contributed by atoms with Crippen molar-refractivity contribution in [2.75, 3.05) is 31.3 Å². The van der Waals surface area contributed by atoms with Crippen LogP contribution in [0.1, 0.15) is 23.9 Å². The van der Waals surface area contributed by atoms with Gasteiger partial charge in [-0.3, -0.25) is 9.88 Å². The summed E-state index contributed by atoms with van der Waals surface area (Å²) >= 11 is 3.63.